The van der Waals surface area contributed by atoms with Gasteiger partial charge in [-0.1, -0.05) is 25.1 Å². The van der Waals surface area contributed by atoms with E-state index in [1.807, 2.05) is 6.92 Å². The summed E-state index contributed by atoms with van der Waals surface area (Å²) in [7, 11) is 0. The molecule has 5 heteroatoms. The highest BCUT2D eigenvalue weighted by Gasteiger charge is 2.16. The topological polar surface area (TPSA) is 75.6 Å². The molecule has 0 aliphatic rings. The van der Waals surface area contributed by atoms with Crippen molar-refractivity contribution in [1.29, 1.82) is 0 Å². The average Bonchev–Trinajstić information content (AvgIpc) is 2.37. The van der Waals surface area contributed by atoms with Crippen LogP contribution in [-0.2, 0) is 16.0 Å². The van der Waals surface area contributed by atoms with E-state index in [0.29, 0.717) is 17.9 Å². The third-order valence-corrected chi connectivity index (χ3v) is 2.54. The Morgan fingerprint density at radius 1 is 1.37 bits per heavy atom. The number of carbonyl (C=O) groups excluding carboxylic acids is 1. The minimum Gasteiger partial charge on any atom is -0.481 e. The van der Waals surface area contributed by atoms with Crippen molar-refractivity contribution in [3.8, 4) is 5.75 Å². The number of carboxylic acids is 1. The highest BCUT2D eigenvalue weighted by Crippen LogP contribution is 2.20. The third-order valence-electron chi connectivity index (χ3n) is 2.54. The second-order valence-electron chi connectivity index (χ2n) is 4.23. The van der Waals surface area contributed by atoms with Crippen molar-refractivity contribution < 1.29 is 19.4 Å². The van der Waals surface area contributed by atoms with Crippen LogP contribution in [0, 0.1) is 0 Å². The highest BCUT2D eigenvalue weighted by molar-refractivity contribution is 5.80. The van der Waals surface area contributed by atoms with Crippen LogP contribution in [-0.4, -0.2) is 29.6 Å². The lowest BCUT2D eigenvalue weighted by molar-refractivity contribution is -0.136. The SMILES string of the molecule is CCCNC(=O)C(C)Oc1ccccc1CC(=O)O. The lowest BCUT2D eigenvalue weighted by Gasteiger charge is -2.16. The van der Waals surface area contributed by atoms with E-state index in [9.17, 15) is 9.59 Å². The van der Waals surface area contributed by atoms with Crippen molar-refractivity contribution in [3.05, 3.63) is 29.8 Å². The van der Waals surface area contributed by atoms with E-state index in [1.54, 1.807) is 31.2 Å². The van der Waals surface area contributed by atoms with Gasteiger partial charge in [0.05, 0.1) is 6.42 Å². The smallest absolute Gasteiger partial charge is 0.307 e. The standard InChI is InChI=1S/C14H19NO4/c1-3-8-15-14(18)10(2)19-12-7-5-4-6-11(12)9-13(16)17/h4-7,10H,3,8-9H2,1-2H3,(H,15,18)(H,16,17). The predicted octanol–water partition coefficient (Wildman–Crippen LogP) is 1.61. The van der Waals surface area contributed by atoms with Crippen LogP contribution in [0.5, 0.6) is 5.75 Å². The summed E-state index contributed by atoms with van der Waals surface area (Å²) >= 11 is 0. The van der Waals surface area contributed by atoms with Crippen molar-refractivity contribution >= 4 is 11.9 Å². The zero-order chi connectivity index (χ0) is 14.3. The summed E-state index contributed by atoms with van der Waals surface area (Å²) < 4.78 is 5.53. The maximum absolute atomic E-state index is 11.7. The molecule has 1 rings (SSSR count). The van der Waals surface area contributed by atoms with Crippen LogP contribution < -0.4 is 10.1 Å². The molecule has 0 bridgehead atoms. The molecule has 1 aromatic carbocycles. The van der Waals surface area contributed by atoms with Crippen molar-refractivity contribution in [2.75, 3.05) is 6.54 Å². The van der Waals surface area contributed by atoms with E-state index in [-0.39, 0.29) is 12.3 Å². The molecular formula is C14H19NO4. The fourth-order valence-electron chi connectivity index (χ4n) is 1.56. The Labute approximate surface area is 112 Å². The lowest BCUT2D eigenvalue weighted by Crippen LogP contribution is -2.36. The van der Waals surface area contributed by atoms with Gasteiger partial charge in [-0.3, -0.25) is 9.59 Å². The number of aliphatic carboxylic acids is 1. The molecular weight excluding hydrogens is 246 g/mol. The molecule has 1 aromatic rings. The fourth-order valence-corrected chi connectivity index (χ4v) is 1.56. The second kappa shape index (κ2) is 7.41. The van der Waals surface area contributed by atoms with Gasteiger partial charge in [-0.2, -0.15) is 0 Å². The minimum absolute atomic E-state index is 0.126. The normalized spacial score (nSPS) is 11.7. The molecule has 0 saturated carbocycles. The predicted molar refractivity (Wildman–Crippen MR) is 71.2 cm³/mol. The maximum Gasteiger partial charge on any atom is 0.307 e. The van der Waals surface area contributed by atoms with Crippen LogP contribution in [0.1, 0.15) is 25.8 Å². The van der Waals surface area contributed by atoms with E-state index in [0.717, 1.165) is 6.42 Å². The molecule has 2 N–H and O–H groups in total. The first-order valence-electron chi connectivity index (χ1n) is 6.28. The quantitative estimate of drug-likeness (QED) is 0.785. The Kier molecular flexibility index (Phi) is 5.85. The van der Waals surface area contributed by atoms with Gasteiger partial charge >= 0.3 is 5.97 Å². The molecule has 19 heavy (non-hydrogen) atoms. The van der Waals surface area contributed by atoms with E-state index in [1.165, 1.54) is 0 Å². The number of hydrogen-bond acceptors (Lipinski definition) is 3. The van der Waals surface area contributed by atoms with Crippen molar-refractivity contribution in [2.24, 2.45) is 0 Å². The number of amides is 1. The van der Waals surface area contributed by atoms with Crippen molar-refractivity contribution in [1.82, 2.24) is 5.32 Å². The summed E-state index contributed by atoms with van der Waals surface area (Å²) in [4.78, 5) is 22.4. The molecule has 0 fully saturated rings. The number of carbonyl (C=O) groups is 2. The van der Waals surface area contributed by atoms with E-state index >= 15 is 0 Å². The molecule has 0 saturated heterocycles. The number of hydrogen-bond donors (Lipinski definition) is 2. The molecule has 0 heterocycles. The lowest BCUT2D eigenvalue weighted by atomic mass is 10.1. The first-order chi connectivity index (χ1) is 9.04. The monoisotopic (exact) mass is 265 g/mol. The van der Waals surface area contributed by atoms with Gasteiger partial charge < -0.3 is 15.2 Å². The van der Waals surface area contributed by atoms with Crippen LogP contribution in [0.3, 0.4) is 0 Å². The Hall–Kier alpha value is -2.04. The van der Waals surface area contributed by atoms with Gasteiger partial charge in [-0.05, 0) is 19.4 Å². The van der Waals surface area contributed by atoms with E-state index < -0.39 is 12.1 Å². The van der Waals surface area contributed by atoms with Gasteiger partial charge in [0.2, 0.25) is 0 Å². The molecule has 5 nitrogen and oxygen atoms in total. The number of rotatable bonds is 7. The molecule has 1 amide bonds. The van der Waals surface area contributed by atoms with Gasteiger partial charge in [0.15, 0.2) is 6.10 Å². The summed E-state index contributed by atoms with van der Waals surface area (Å²) in [6, 6.07) is 6.84. The van der Waals surface area contributed by atoms with Gasteiger partial charge in [-0.25, -0.2) is 0 Å². The van der Waals surface area contributed by atoms with Crippen LogP contribution in [0.2, 0.25) is 0 Å². The molecule has 0 aromatic heterocycles. The van der Waals surface area contributed by atoms with Crippen LogP contribution >= 0.6 is 0 Å². The number of carboxylic acid groups (broad SMARTS) is 1. The first kappa shape index (κ1) is 15.0. The number of benzene rings is 1. The minimum atomic E-state index is -0.931. The molecule has 0 aliphatic heterocycles. The van der Waals surface area contributed by atoms with Gasteiger partial charge in [0.25, 0.3) is 5.91 Å². The van der Waals surface area contributed by atoms with Crippen LogP contribution in [0.15, 0.2) is 24.3 Å². The Morgan fingerprint density at radius 3 is 2.68 bits per heavy atom. The van der Waals surface area contributed by atoms with Gasteiger partial charge in [-0.15, -0.1) is 0 Å². The fraction of sp³-hybridized carbons (Fsp3) is 0.429. The molecule has 1 atom stereocenters. The van der Waals surface area contributed by atoms with Crippen molar-refractivity contribution in [3.63, 3.8) is 0 Å². The summed E-state index contributed by atoms with van der Waals surface area (Å²) in [5.41, 5.74) is 0.560. The van der Waals surface area contributed by atoms with E-state index in [2.05, 4.69) is 5.32 Å². The second-order valence-corrected chi connectivity index (χ2v) is 4.23. The first-order valence-corrected chi connectivity index (χ1v) is 6.28. The summed E-state index contributed by atoms with van der Waals surface area (Å²) in [6.45, 7) is 4.21. The molecule has 104 valence electrons. The highest BCUT2D eigenvalue weighted by atomic mass is 16.5. The zero-order valence-electron chi connectivity index (χ0n) is 11.2. The van der Waals surface area contributed by atoms with Gasteiger partial charge in [0.1, 0.15) is 5.75 Å². The van der Waals surface area contributed by atoms with Crippen LogP contribution in [0.25, 0.3) is 0 Å². The molecule has 0 spiro atoms. The molecule has 0 aliphatic carbocycles. The van der Waals surface area contributed by atoms with E-state index in [4.69, 9.17) is 9.84 Å². The third kappa shape index (κ3) is 4.99. The summed E-state index contributed by atoms with van der Waals surface area (Å²) in [5, 5.41) is 11.5. The van der Waals surface area contributed by atoms with Crippen molar-refractivity contribution in [2.45, 2.75) is 32.8 Å². The Balaban J connectivity index is 2.70. The number of ether oxygens (including phenoxy) is 1. The Morgan fingerprint density at radius 2 is 2.05 bits per heavy atom. The summed E-state index contributed by atoms with van der Waals surface area (Å²) in [6.07, 6.45) is 0.0783. The number of para-hydroxylation sites is 1. The zero-order valence-corrected chi connectivity index (χ0v) is 11.2. The van der Waals surface area contributed by atoms with Crippen LogP contribution in [0.4, 0.5) is 0 Å². The largest absolute Gasteiger partial charge is 0.481 e. The summed E-state index contributed by atoms with van der Waals surface area (Å²) in [5.74, 6) is -0.699. The maximum atomic E-state index is 11.7. The average molecular weight is 265 g/mol. The van der Waals surface area contributed by atoms with Gasteiger partial charge in [0, 0.05) is 12.1 Å². The molecule has 0 radical (unpaired) electrons. The molecule has 1 unspecified atom stereocenters. The Bertz CT molecular complexity index is 445. The number of nitrogens with one attached hydrogen (secondary N) is 1.